The molecule has 1 atom stereocenters. The van der Waals surface area contributed by atoms with E-state index in [1.807, 2.05) is 60.7 Å². The zero-order valence-electron chi connectivity index (χ0n) is 17.8. The smallest absolute Gasteiger partial charge is 0.350 e. The molecule has 0 aliphatic heterocycles. The van der Waals surface area contributed by atoms with Gasteiger partial charge in [-0.15, -0.1) is 0 Å². The molecule has 2 rings (SSSR count). The molecule has 2 aromatic carbocycles. The minimum Gasteiger partial charge on any atom is -0.454 e. The molecule has 0 N–H and O–H groups in total. The molecule has 0 amide bonds. The Labute approximate surface area is 180 Å². The first-order valence-corrected chi connectivity index (χ1v) is 10.8. The number of unbranched alkanes of at least 4 members (excludes halogenated alkanes) is 5. The van der Waals surface area contributed by atoms with Gasteiger partial charge in [-0.05, 0) is 24.0 Å². The molecule has 156 valence electrons. The largest absolute Gasteiger partial charge is 0.454 e. The summed E-state index contributed by atoms with van der Waals surface area (Å²) in [5.41, 5.74) is 2.22. The molecule has 2 aromatic rings. The first-order valence-electron chi connectivity index (χ1n) is 10.8. The van der Waals surface area contributed by atoms with E-state index in [9.17, 15) is 10.1 Å². The monoisotopic (exact) mass is 401 g/mol. The van der Waals surface area contributed by atoms with Gasteiger partial charge in [0.2, 0.25) is 0 Å². The number of benzene rings is 2. The highest BCUT2D eigenvalue weighted by Gasteiger charge is 2.22. The summed E-state index contributed by atoms with van der Waals surface area (Å²) >= 11 is 0. The van der Waals surface area contributed by atoms with Crippen LogP contribution in [0.5, 0.6) is 0 Å². The molecule has 1 unspecified atom stereocenters. The van der Waals surface area contributed by atoms with Crippen LogP contribution in [0.15, 0.2) is 78.9 Å². The van der Waals surface area contributed by atoms with E-state index in [1.165, 1.54) is 25.7 Å². The van der Waals surface area contributed by atoms with Gasteiger partial charge in [0, 0.05) is 5.57 Å². The van der Waals surface area contributed by atoms with Crippen LogP contribution in [0.4, 0.5) is 0 Å². The molecule has 0 bridgehead atoms. The highest BCUT2D eigenvalue weighted by Crippen LogP contribution is 2.28. The van der Waals surface area contributed by atoms with Crippen molar-refractivity contribution in [2.45, 2.75) is 58.0 Å². The summed E-state index contributed by atoms with van der Waals surface area (Å²) in [4.78, 5) is 13.0. The van der Waals surface area contributed by atoms with Gasteiger partial charge in [0.25, 0.3) is 0 Å². The lowest BCUT2D eigenvalue weighted by Crippen LogP contribution is -2.18. The fraction of sp³-hybridized carbons (Fsp3) is 0.333. The van der Waals surface area contributed by atoms with Crippen molar-refractivity contribution in [2.75, 3.05) is 0 Å². The standard InChI is InChI=1S/C27H31NO2/c1-3-5-6-7-8-15-20-24(4-2)30-27(29)25(21-28)26(22-16-11-9-12-17-22)23-18-13-10-14-19-23/h4,9-14,16-19,24H,2-3,5-8,15,20H2,1H3. The predicted octanol–water partition coefficient (Wildman–Crippen LogP) is 6.86. The summed E-state index contributed by atoms with van der Waals surface area (Å²) in [7, 11) is 0. The molecule has 0 radical (unpaired) electrons. The van der Waals surface area contributed by atoms with Crippen molar-refractivity contribution in [1.82, 2.24) is 0 Å². The van der Waals surface area contributed by atoms with E-state index >= 15 is 0 Å². The lowest BCUT2D eigenvalue weighted by atomic mass is 9.93. The van der Waals surface area contributed by atoms with Crippen LogP contribution in [-0.2, 0) is 9.53 Å². The third-order valence-electron chi connectivity index (χ3n) is 5.05. The van der Waals surface area contributed by atoms with Crippen LogP contribution >= 0.6 is 0 Å². The Balaban J connectivity index is 2.19. The van der Waals surface area contributed by atoms with Crippen LogP contribution < -0.4 is 0 Å². The average molecular weight is 402 g/mol. The maximum atomic E-state index is 13.0. The summed E-state index contributed by atoms with van der Waals surface area (Å²) in [5.74, 6) is -0.601. The molecule has 0 spiro atoms. The van der Waals surface area contributed by atoms with E-state index in [4.69, 9.17) is 4.74 Å². The summed E-state index contributed by atoms with van der Waals surface area (Å²) in [6.45, 7) is 6.01. The van der Waals surface area contributed by atoms with Crippen molar-refractivity contribution >= 4 is 11.5 Å². The van der Waals surface area contributed by atoms with Crippen molar-refractivity contribution in [2.24, 2.45) is 0 Å². The molecule has 3 heteroatoms. The van der Waals surface area contributed by atoms with Crippen LogP contribution in [0.3, 0.4) is 0 Å². The lowest BCUT2D eigenvalue weighted by molar-refractivity contribution is -0.141. The van der Waals surface area contributed by atoms with Gasteiger partial charge in [-0.2, -0.15) is 5.26 Å². The van der Waals surface area contributed by atoms with E-state index < -0.39 is 5.97 Å². The first kappa shape index (κ1) is 23.2. The highest BCUT2D eigenvalue weighted by molar-refractivity contribution is 6.05. The number of hydrogen-bond donors (Lipinski definition) is 0. The number of ether oxygens (including phenoxy) is 1. The van der Waals surface area contributed by atoms with Gasteiger partial charge < -0.3 is 4.74 Å². The topological polar surface area (TPSA) is 50.1 Å². The Kier molecular flexibility index (Phi) is 10.2. The van der Waals surface area contributed by atoms with E-state index in [2.05, 4.69) is 19.6 Å². The van der Waals surface area contributed by atoms with Gasteiger partial charge in [-0.1, -0.05) is 112 Å². The number of nitrogens with zero attached hydrogens (tertiary/aromatic N) is 1. The third-order valence-corrected chi connectivity index (χ3v) is 5.05. The minimum absolute atomic E-state index is 0.0159. The van der Waals surface area contributed by atoms with Crippen molar-refractivity contribution < 1.29 is 9.53 Å². The predicted molar refractivity (Wildman–Crippen MR) is 123 cm³/mol. The molecule has 0 saturated heterocycles. The van der Waals surface area contributed by atoms with Crippen LogP contribution in [0.1, 0.15) is 63.0 Å². The summed E-state index contributed by atoms with van der Waals surface area (Å²) in [6.07, 6.45) is 9.01. The van der Waals surface area contributed by atoms with Gasteiger partial charge in [0.15, 0.2) is 0 Å². The number of rotatable bonds is 12. The van der Waals surface area contributed by atoms with Crippen LogP contribution in [0, 0.1) is 11.3 Å². The Bertz CT molecular complexity index is 821. The van der Waals surface area contributed by atoms with Gasteiger partial charge in [-0.3, -0.25) is 0 Å². The Morgan fingerprint density at radius 2 is 1.50 bits per heavy atom. The third kappa shape index (κ3) is 7.04. The van der Waals surface area contributed by atoms with E-state index in [-0.39, 0.29) is 11.7 Å². The second-order valence-corrected chi connectivity index (χ2v) is 7.33. The van der Waals surface area contributed by atoms with E-state index in [1.54, 1.807) is 6.08 Å². The van der Waals surface area contributed by atoms with Gasteiger partial charge in [0.05, 0.1) is 0 Å². The number of esters is 1. The number of carbonyl (C=O) groups is 1. The van der Waals surface area contributed by atoms with Gasteiger partial charge >= 0.3 is 5.97 Å². The van der Waals surface area contributed by atoms with Crippen LogP contribution in [0.2, 0.25) is 0 Å². The van der Waals surface area contributed by atoms with Crippen molar-refractivity contribution in [3.63, 3.8) is 0 Å². The van der Waals surface area contributed by atoms with Crippen LogP contribution in [0.25, 0.3) is 5.57 Å². The molecule has 30 heavy (non-hydrogen) atoms. The number of nitriles is 1. The molecule has 3 nitrogen and oxygen atoms in total. The average Bonchev–Trinajstić information content (AvgIpc) is 2.79. The molecule has 0 saturated carbocycles. The van der Waals surface area contributed by atoms with Gasteiger partial charge in [0.1, 0.15) is 17.7 Å². The zero-order valence-corrected chi connectivity index (χ0v) is 17.8. The maximum absolute atomic E-state index is 13.0. The molecule has 0 fully saturated rings. The van der Waals surface area contributed by atoms with Gasteiger partial charge in [-0.25, -0.2) is 4.79 Å². The molecular weight excluding hydrogens is 370 g/mol. The van der Waals surface area contributed by atoms with Crippen molar-refractivity contribution in [1.29, 1.82) is 5.26 Å². The van der Waals surface area contributed by atoms with Crippen LogP contribution in [-0.4, -0.2) is 12.1 Å². The van der Waals surface area contributed by atoms with Crippen molar-refractivity contribution in [3.05, 3.63) is 90.0 Å². The maximum Gasteiger partial charge on any atom is 0.350 e. The fourth-order valence-electron chi connectivity index (χ4n) is 3.42. The fourth-order valence-corrected chi connectivity index (χ4v) is 3.42. The number of carbonyl (C=O) groups excluding carboxylic acids is 1. The van der Waals surface area contributed by atoms with E-state index in [0.717, 1.165) is 30.4 Å². The molecule has 0 aliphatic carbocycles. The number of hydrogen-bond acceptors (Lipinski definition) is 3. The second-order valence-electron chi connectivity index (χ2n) is 7.33. The first-order chi connectivity index (χ1) is 14.7. The Morgan fingerprint density at radius 3 is 2.00 bits per heavy atom. The quantitative estimate of drug-likeness (QED) is 0.128. The molecular formula is C27H31NO2. The lowest BCUT2D eigenvalue weighted by Gasteiger charge is -2.16. The molecule has 0 aliphatic rings. The molecule has 0 aromatic heterocycles. The van der Waals surface area contributed by atoms with E-state index in [0.29, 0.717) is 5.57 Å². The SMILES string of the molecule is C=CC(CCCCCCCC)OC(=O)C(C#N)=C(c1ccccc1)c1ccccc1. The Morgan fingerprint density at radius 1 is 0.967 bits per heavy atom. The summed E-state index contributed by atoms with van der Waals surface area (Å²) in [5, 5.41) is 9.84. The summed E-state index contributed by atoms with van der Waals surface area (Å²) in [6, 6.07) is 21.1. The normalized spacial score (nSPS) is 11.2. The second kappa shape index (κ2) is 13.2. The Hall–Kier alpha value is -3.12. The van der Waals surface area contributed by atoms with Crippen molar-refractivity contribution in [3.8, 4) is 6.07 Å². The minimum atomic E-state index is -0.601. The zero-order chi connectivity index (χ0) is 21.6. The highest BCUT2D eigenvalue weighted by atomic mass is 16.5. The molecule has 0 heterocycles. The summed E-state index contributed by atoms with van der Waals surface area (Å²) < 4.78 is 5.67.